The SMILES string of the molecule is C#Cc1ccccc1C(C(=O)NC1CCCCC1)N(CCCCCCCC)C(=O)C(CC(C)C)NC(=O)OC(C)(C)C. The molecule has 7 heteroatoms. The minimum Gasteiger partial charge on any atom is -0.444 e. The maximum atomic E-state index is 14.5. The molecular weight excluding hydrogens is 526 g/mol. The summed E-state index contributed by atoms with van der Waals surface area (Å²) in [7, 11) is 0. The van der Waals surface area contributed by atoms with Crippen molar-refractivity contribution in [2.75, 3.05) is 6.54 Å². The van der Waals surface area contributed by atoms with Crippen LogP contribution in [0.5, 0.6) is 0 Å². The van der Waals surface area contributed by atoms with Crippen LogP contribution in [0.25, 0.3) is 0 Å². The molecule has 1 saturated carbocycles. The summed E-state index contributed by atoms with van der Waals surface area (Å²) in [6.07, 6.45) is 17.1. The summed E-state index contributed by atoms with van der Waals surface area (Å²) >= 11 is 0. The second-order valence-electron chi connectivity index (χ2n) is 13.1. The Bertz CT molecular complexity index is 1030. The molecule has 1 aromatic carbocycles. The number of hydrogen-bond donors (Lipinski definition) is 2. The van der Waals surface area contributed by atoms with Crippen molar-refractivity contribution in [2.45, 2.75) is 142 Å². The number of amides is 3. The number of nitrogens with one attached hydrogen (secondary N) is 2. The highest BCUT2D eigenvalue weighted by Gasteiger charge is 2.38. The van der Waals surface area contributed by atoms with Crippen LogP contribution >= 0.6 is 0 Å². The summed E-state index contributed by atoms with van der Waals surface area (Å²) in [4.78, 5) is 43.2. The Morgan fingerprint density at radius 3 is 2.29 bits per heavy atom. The molecule has 2 N–H and O–H groups in total. The highest BCUT2D eigenvalue weighted by Crippen LogP contribution is 2.28. The van der Waals surface area contributed by atoms with Gasteiger partial charge in [0.15, 0.2) is 0 Å². The third kappa shape index (κ3) is 12.1. The molecule has 0 saturated heterocycles. The van der Waals surface area contributed by atoms with E-state index in [9.17, 15) is 14.4 Å². The molecule has 234 valence electrons. The van der Waals surface area contributed by atoms with E-state index < -0.39 is 23.8 Å². The molecule has 2 atom stereocenters. The van der Waals surface area contributed by atoms with E-state index >= 15 is 0 Å². The van der Waals surface area contributed by atoms with Crippen molar-refractivity contribution in [1.29, 1.82) is 0 Å². The molecule has 7 nitrogen and oxygen atoms in total. The Morgan fingerprint density at radius 1 is 1.02 bits per heavy atom. The van der Waals surface area contributed by atoms with Crippen molar-refractivity contribution in [3.05, 3.63) is 35.4 Å². The molecule has 0 heterocycles. The monoisotopic (exact) mass is 581 g/mol. The fourth-order valence-electron chi connectivity index (χ4n) is 5.62. The summed E-state index contributed by atoms with van der Waals surface area (Å²) in [5, 5.41) is 6.09. The van der Waals surface area contributed by atoms with Gasteiger partial charge in [0, 0.05) is 18.2 Å². The van der Waals surface area contributed by atoms with E-state index in [0.717, 1.165) is 57.8 Å². The van der Waals surface area contributed by atoms with E-state index in [1.54, 1.807) is 25.7 Å². The van der Waals surface area contributed by atoms with Crippen LogP contribution in [0.15, 0.2) is 24.3 Å². The molecule has 2 unspecified atom stereocenters. The van der Waals surface area contributed by atoms with Gasteiger partial charge in [-0.1, -0.05) is 96.3 Å². The van der Waals surface area contributed by atoms with Crippen LogP contribution in [0.3, 0.4) is 0 Å². The Hall–Kier alpha value is -3.01. The zero-order chi connectivity index (χ0) is 31.1. The molecule has 3 amide bonds. The van der Waals surface area contributed by atoms with Gasteiger partial charge in [0.1, 0.15) is 17.7 Å². The lowest BCUT2D eigenvalue weighted by molar-refractivity contribution is -0.143. The van der Waals surface area contributed by atoms with Crippen molar-refractivity contribution < 1.29 is 19.1 Å². The van der Waals surface area contributed by atoms with Crippen LogP contribution in [0.1, 0.15) is 136 Å². The van der Waals surface area contributed by atoms with Gasteiger partial charge >= 0.3 is 6.09 Å². The minimum atomic E-state index is -0.905. The molecular formula is C35H55N3O4. The number of carbonyl (C=O) groups is 3. The van der Waals surface area contributed by atoms with Crippen molar-refractivity contribution in [3.8, 4) is 12.3 Å². The molecule has 42 heavy (non-hydrogen) atoms. The topological polar surface area (TPSA) is 87.7 Å². The minimum absolute atomic E-state index is 0.0732. The number of hydrogen-bond acceptors (Lipinski definition) is 4. The molecule has 0 bridgehead atoms. The first-order chi connectivity index (χ1) is 20.0. The lowest BCUT2D eigenvalue weighted by atomic mass is 9.93. The second-order valence-corrected chi connectivity index (χ2v) is 13.1. The smallest absolute Gasteiger partial charge is 0.408 e. The number of carbonyl (C=O) groups excluding carboxylic acids is 3. The predicted molar refractivity (Wildman–Crippen MR) is 170 cm³/mol. The van der Waals surface area contributed by atoms with Gasteiger partial charge in [0.2, 0.25) is 11.8 Å². The van der Waals surface area contributed by atoms with Crippen LogP contribution in [-0.4, -0.2) is 47.0 Å². The van der Waals surface area contributed by atoms with Gasteiger partial charge in [-0.3, -0.25) is 9.59 Å². The molecule has 1 aliphatic carbocycles. The molecule has 0 aliphatic heterocycles. The molecule has 0 spiro atoms. The number of ether oxygens (including phenoxy) is 1. The predicted octanol–water partition coefficient (Wildman–Crippen LogP) is 7.29. The first kappa shape index (κ1) is 35.2. The van der Waals surface area contributed by atoms with Gasteiger partial charge in [-0.05, 0) is 64.0 Å². The van der Waals surface area contributed by atoms with Crippen LogP contribution < -0.4 is 10.6 Å². The number of nitrogens with zero attached hydrogens (tertiary/aromatic N) is 1. The number of benzene rings is 1. The number of terminal acetylenes is 1. The van der Waals surface area contributed by atoms with E-state index in [1.165, 1.54) is 12.8 Å². The largest absolute Gasteiger partial charge is 0.444 e. The van der Waals surface area contributed by atoms with Gasteiger partial charge in [-0.15, -0.1) is 6.42 Å². The maximum absolute atomic E-state index is 14.5. The fourth-order valence-corrected chi connectivity index (χ4v) is 5.62. The summed E-state index contributed by atoms with van der Waals surface area (Å²) in [5.41, 5.74) is 0.512. The summed E-state index contributed by atoms with van der Waals surface area (Å²) in [5.74, 6) is 2.34. The van der Waals surface area contributed by atoms with Crippen molar-refractivity contribution >= 4 is 17.9 Å². The highest BCUT2D eigenvalue weighted by atomic mass is 16.6. The van der Waals surface area contributed by atoms with Crippen molar-refractivity contribution in [1.82, 2.24) is 15.5 Å². The lowest BCUT2D eigenvalue weighted by Crippen LogP contribution is -2.54. The van der Waals surface area contributed by atoms with Gasteiger partial charge in [-0.25, -0.2) is 4.79 Å². The molecule has 0 radical (unpaired) electrons. The number of alkyl carbamates (subject to hydrolysis) is 1. The molecule has 1 aromatic rings. The third-order valence-electron chi connectivity index (χ3n) is 7.65. The van der Waals surface area contributed by atoms with Gasteiger partial charge < -0.3 is 20.3 Å². The Labute approximate surface area is 254 Å². The van der Waals surface area contributed by atoms with Gasteiger partial charge in [-0.2, -0.15) is 0 Å². The van der Waals surface area contributed by atoms with E-state index in [1.807, 2.05) is 38.1 Å². The van der Waals surface area contributed by atoms with E-state index in [4.69, 9.17) is 11.2 Å². The summed E-state index contributed by atoms with van der Waals surface area (Å²) in [6, 6.07) is 5.69. The van der Waals surface area contributed by atoms with Crippen molar-refractivity contribution in [3.63, 3.8) is 0 Å². The zero-order valence-electron chi connectivity index (χ0n) is 27.0. The quantitative estimate of drug-likeness (QED) is 0.168. The zero-order valence-corrected chi connectivity index (χ0v) is 27.0. The number of rotatable bonds is 15. The van der Waals surface area contributed by atoms with Crippen LogP contribution in [-0.2, 0) is 14.3 Å². The standard InChI is InChI=1S/C35H55N3O4/c1-8-10-11-12-13-19-24-38(33(40)30(25-26(3)4)37-34(41)42-35(5,6)7)31(29-23-18-17-20-27(29)9-2)32(39)36-28-21-15-14-16-22-28/h2,17-18,20,23,26,28,30-31H,8,10-16,19,21-22,24-25H2,1,3-7H3,(H,36,39)(H,37,41). The van der Waals surface area contributed by atoms with Gasteiger partial charge in [0.25, 0.3) is 0 Å². The summed E-state index contributed by atoms with van der Waals surface area (Å²) < 4.78 is 5.52. The van der Waals surface area contributed by atoms with Gasteiger partial charge in [0.05, 0.1) is 0 Å². The third-order valence-corrected chi connectivity index (χ3v) is 7.65. The molecule has 0 aromatic heterocycles. The normalized spacial score (nSPS) is 15.4. The maximum Gasteiger partial charge on any atom is 0.408 e. The van der Waals surface area contributed by atoms with E-state index in [2.05, 4.69) is 23.5 Å². The Kier molecular flexibility index (Phi) is 14.9. The average molecular weight is 582 g/mol. The Balaban J connectivity index is 2.50. The molecule has 2 rings (SSSR count). The number of unbranched alkanes of at least 4 members (excludes halogenated alkanes) is 5. The lowest BCUT2D eigenvalue weighted by Gasteiger charge is -2.36. The van der Waals surface area contributed by atoms with E-state index in [-0.39, 0.29) is 23.8 Å². The fraction of sp³-hybridized carbons (Fsp3) is 0.686. The van der Waals surface area contributed by atoms with Crippen LogP contribution in [0.2, 0.25) is 0 Å². The van der Waals surface area contributed by atoms with E-state index in [0.29, 0.717) is 24.1 Å². The molecule has 1 fully saturated rings. The second kappa shape index (κ2) is 17.8. The first-order valence-electron chi connectivity index (χ1n) is 16.1. The molecule has 1 aliphatic rings. The van der Waals surface area contributed by atoms with Crippen LogP contribution in [0.4, 0.5) is 4.79 Å². The highest BCUT2D eigenvalue weighted by molar-refractivity contribution is 5.92. The van der Waals surface area contributed by atoms with Crippen molar-refractivity contribution in [2.24, 2.45) is 5.92 Å². The summed E-state index contributed by atoms with van der Waals surface area (Å²) in [6.45, 7) is 12.0. The Morgan fingerprint density at radius 2 is 1.67 bits per heavy atom. The first-order valence-corrected chi connectivity index (χ1v) is 16.1. The van der Waals surface area contributed by atoms with Crippen LogP contribution in [0, 0.1) is 18.3 Å². The average Bonchev–Trinajstić information content (AvgIpc) is 2.93.